The van der Waals surface area contributed by atoms with Crippen LogP contribution in [-0.4, -0.2) is 23.9 Å². The first-order valence-corrected chi connectivity index (χ1v) is 11.3. The maximum absolute atomic E-state index is 12.0. The lowest BCUT2D eigenvalue weighted by Crippen LogP contribution is -2.53. The molecular weight excluding hydrogens is 446 g/mol. The Kier molecular flexibility index (Phi) is 5.88. The van der Waals surface area contributed by atoms with Gasteiger partial charge in [-0.1, -0.05) is 36.4 Å². The van der Waals surface area contributed by atoms with Gasteiger partial charge in [-0.25, -0.2) is 0 Å². The van der Waals surface area contributed by atoms with E-state index in [1.54, 1.807) is 19.9 Å². The van der Waals surface area contributed by atoms with Crippen molar-refractivity contribution in [3.63, 3.8) is 0 Å². The first kappa shape index (κ1) is 22.8. The average molecular weight is 472 g/mol. The fraction of sp³-hybridized carbons (Fsp3) is 0.214. The molecule has 0 atom stereocenters. The van der Waals surface area contributed by atoms with Gasteiger partial charge in [0.25, 0.3) is 5.54 Å². The number of hydrogen-bond acceptors (Lipinski definition) is 6. The van der Waals surface area contributed by atoms with E-state index in [1.165, 1.54) is 0 Å². The van der Waals surface area contributed by atoms with Gasteiger partial charge in [-0.2, -0.15) is 0 Å². The smallest absolute Gasteiger partial charge is 0.292 e. The number of nitro groups is 1. The van der Waals surface area contributed by atoms with Gasteiger partial charge in [0.2, 0.25) is 0 Å². The molecule has 0 aromatic heterocycles. The number of rotatable bonds is 6. The second-order valence-electron chi connectivity index (χ2n) is 8.98. The zero-order chi connectivity index (χ0) is 24.5. The van der Waals surface area contributed by atoms with Gasteiger partial charge in [-0.15, -0.1) is 0 Å². The molecule has 0 unspecified atom stereocenters. The Balaban J connectivity index is 1.33. The molecule has 1 saturated heterocycles. The Morgan fingerprint density at radius 3 is 1.86 bits per heavy atom. The summed E-state index contributed by atoms with van der Waals surface area (Å²) in [5, 5.41) is 13.8. The quantitative estimate of drug-likeness (QED) is 0.231. The van der Waals surface area contributed by atoms with Crippen molar-refractivity contribution >= 4 is 10.8 Å². The van der Waals surface area contributed by atoms with Gasteiger partial charge in [0, 0.05) is 10.5 Å². The van der Waals surface area contributed by atoms with Crippen molar-refractivity contribution in [3.8, 4) is 23.0 Å². The van der Waals surface area contributed by atoms with Crippen LogP contribution in [0.3, 0.4) is 0 Å². The maximum Gasteiger partial charge on any atom is 0.292 e. The lowest BCUT2D eigenvalue weighted by Gasteiger charge is -2.38. The Morgan fingerprint density at radius 2 is 1.23 bits per heavy atom. The topological polar surface area (TPSA) is 80.1 Å². The minimum absolute atomic E-state index is 0.0519. The van der Waals surface area contributed by atoms with E-state index in [9.17, 15) is 10.1 Å². The summed E-state index contributed by atoms with van der Waals surface area (Å²) in [5.74, 6) is 1.98. The molecule has 0 aliphatic carbocycles. The van der Waals surface area contributed by atoms with Crippen molar-refractivity contribution < 1.29 is 23.9 Å². The third-order valence-corrected chi connectivity index (χ3v) is 6.05. The Bertz CT molecular complexity index is 1340. The van der Waals surface area contributed by atoms with Crippen LogP contribution in [0.1, 0.15) is 19.4 Å². The summed E-state index contributed by atoms with van der Waals surface area (Å²) in [6.45, 7) is 3.40. The Hall–Kier alpha value is -3.94. The van der Waals surface area contributed by atoms with Crippen molar-refractivity contribution in [2.24, 2.45) is 0 Å². The third-order valence-electron chi connectivity index (χ3n) is 6.05. The highest BCUT2D eigenvalue weighted by Crippen LogP contribution is 2.36. The van der Waals surface area contributed by atoms with Gasteiger partial charge in [0.1, 0.15) is 36.2 Å². The van der Waals surface area contributed by atoms with E-state index in [0.29, 0.717) is 22.8 Å². The molecule has 0 bridgehead atoms. The molecule has 4 aromatic rings. The molecule has 4 aromatic carbocycles. The normalized spacial score (nSPS) is 16.5. The molecule has 1 heterocycles. The molecule has 1 aliphatic rings. The minimum Gasteiger partial charge on any atom is -0.457 e. The van der Waals surface area contributed by atoms with Gasteiger partial charge < -0.3 is 18.9 Å². The highest BCUT2D eigenvalue weighted by molar-refractivity contribution is 5.84. The summed E-state index contributed by atoms with van der Waals surface area (Å²) in [4.78, 5) is 11.7. The van der Waals surface area contributed by atoms with Crippen LogP contribution in [0.15, 0.2) is 91.0 Å². The molecule has 178 valence electrons. The molecule has 1 fully saturated rings. The third kappa shape index (κ3) is 4.82. The molecule has 7 heteroatoms. The summed E-state index contributed by atoms with van der Waals surface area (Å²) in [5.41, 5.74) is -0.893. The molecule has 0 N–H and O–H groups in total. The van der Waals surface area contributed by atoms with Crippen molar-refractivity contribution in [2.75, 3.05) is 13.2 Å². The number of benzene rings is 4. The zero-order valence-electron chi connectivity index (χ0n) is 19.5. The second kappa shape index (κ2) is 9.02. The van der Waals surface area contributed by atoms with Crippen molar-refractivity contribution in [1.29, 1.82) is 0 Å². The van der Waals surface area contributed by atoms with E-state index in [4.69, 9.17) is 18.9 Å². The van der Waals surface area contributed by atoms with E-state index < -0.39 is 11.3 Å². The summed E-state index contributed by atoms with van der Waals surface area (Å²) in [6.07, 6.45) is 0. The van der Waals surface area contributed by atoms with Crippen LogP contribution in [0, 0.1) is 10.1 Å². The van der Waals surface area contributed by atoms with Crippen LogP contribution in [0.25, 0.3) is 10.8 Å². The van der Waals surface area contributed by atoms with Crippen molar-refractivity contribution in [1.82, 2.24) is 0 Å². The molecular formula is C28H25NO6. The van der Waals surface area contributed by atoms with E-state index in [-0.39, 0.29) is 18.1 Å². The summed E-state index contributed by atoms with van der Waals surface area (Å²) < 4.78 is 23.1. The lowest BCUT2D eigenvalue weighted by molar-refractivity contribution is -0.605. The minimum atomic E-state index is -1.44. The molecule has 35 heavy (non-hydrogen) atoms. The Labute approximate surface area is 203 Å². The molecule has 0 amide bonds. The number of ether oxygens (including phenoxy) is 4. The van der Waals surface area contributed by atoms with Crippen molar-refractivity contribution in [2.45, 2.75) is 25.2 Å². The predicted molar refractivity (Wildman–Crippen MR) is 132 cm³/mol. The second-order valence-corrected chi connectivity index (χ2v) is 8.98. The van der Waals surface area contributed by atoms with Gasteiger partial charge >= 0.3 is 0 Å². The number of nitrogens with zero attached hydrogens (tertiary/aromatic N) is 1. The highest BCUT2D eigenvalue weighted by Gasteiger charge is 2.51. The SMILES string of the molecule is CC1(C)OCC(c2ccc3cc(Oc4ccc(Oc5ccccc5)cc4)ccc3c2)([N+](=O)[O-])CO1. The predicted octanol–water partition coefficient (Wildman–Crippen LogP) is 6.68. The summed E-state index contributed by atoms with van der Waals surface area (Å²) >= 11 is 0. The van der Waals surface area contributed by atoms with E-state index in [1.807, 2.05) is 84.9 Å². The maximum atomic E-state index is 12.0. The summed E-state index contributed by atoms with van der Waals surface area (Å²) in [6, 6.07) is 28.0. The van der Waals surface area contributed by atoms with Gasteiger partial charge in [0.05, 0.1) is 0 Å². The molecule has 0 saturated carbocycles. The lowest BCUT2D eigenvalue weighted by atomic mass is 9.89. The molecule has 1 aliphatic heterocycles. The first-order valence-electron chi connectivity index (χ1n) is 11.3. The van der Waals surface area contributed by atoms with Crippen LogP contribution in [0.2, 0.25) is 0 Å². The summed E-state index contributed by atoms with van der Waals surface area (Å²) in [7, 11) is 0. The van der Waals surface area contributed by atoms with Crippen LogP contribution >= 0.6 is 0 Å². The van der Waals surface area contributed by atoms with E-state index >= 15 is 0 Å². The fourth-order valence-electron chi connectivity index (χ4n) is 3.96. The number of hydrogen-bond donors (Lipinski definition) is 0. The largest absolute Gasteiger partial charge is 0.457 e. The molecule has 0 spiro atoms. The standard InChI is InChI=1S/C28H25NO6/c1-27(2)32-18-28(19-33-27,29(30)31)22-10-8-21-17-26(11-9-20(21)16-22)35-25-14-12-24(13-15-25)34-23-6-4-3-5-7-23/h3-17H,18-19H2,1-2H3. The van der Waals surface area contributed by atoms with Gasteiger partial charge in [0.15, 0.2) is 5.79 Å². The van der Waals surface area contributed by atoms with Crippen molar-refractivity contribution in [3.05, 3.63) is 107 Å². The first-order chi connectivity index (χ1) is 16.8. The van der Waals surface area contributed by atoms with E-state index in [0.717, 1.165) is 16.5 Å². The molecule has 5 rings (SSSR count). The zero-order valence-corrected chi connectivity index (χ0v) is 19.5. The van der Waals surface area contributed by atoms with Crippen LogP contribution in [0.5, 0.6) is 23.0 Å². The van der Waals surface area contributed by atoms with Crippen LogP contribution in [-0.2, 0) is 15.0 Å². The highest BCUT2D eigenvalue weighted by atomic mass is 16.7. The fourth-order valence-corrected chi connectivity index (χ4v) is 3.96. The van der Waals surface area contributed by atoms with Crippen LogP contribution < -0.4 is 9.47 Å². The van der Waals surface area contributed by atoms with E-state index in [2.05, 4.69) is 0 Å². The average Bonchev–Trinajstić information content (AvgIpc) is 2.86. The number of fused-ring (bicyclic) bond motifs is 1. The van der Waals surface area contributed by atoms with Gasteiger partial charge in [-0.05, 0) is 79.2 Å². The van der Waals surface area contributed by atoms with Crippen LogP contribution in [0.4, 0.5) is 0 Å². The molecule has 7 nitrogen and oxygen atoms in total. The number of para-hydroxylation sites is 1. The molecule has 0 radical (unpaired) electrons. The van der Waals surface area contributed by atoms with Gasteiger partial charge in [-0.3, -0.25) is 10.1 Å². The monoisotopic (exact) mass is 471 g/mol. The Morgan fingerprint density at radius 1 is 0.714 bits per heavy atom.